The van der Waals surface area contributed by atoms with Gasteiger partial charge in [0.2, 0.25) is 0 Å². The van der Waals surface area contributed by atoms with Crippen LogP contribution in [0.5, 0.6) is 0 Å². The third kappa shape index (κ3) is 9.42. The van der Waals surface area contributed by atoms with Gasteiger partial charge in [-0.1, -0.05) is 37.0 Å². The molecule has 2 amide bonds. The van der Waals surface area contributed by atoms with Gasteiger partial charge in [0.15, 0.2) is 0 Å². The van der Waals surface area contributed by atoms with E-state index in [-0.39, 0.29) is 6.03 Å². The molecular weight excluding hydrogens is 453 g/mol. The van der Waals surface area contributed by atoms with Gasteiger partial charge in [-0.25, -0.2) is 14.4 Å². The minimum atomic E-state index is -1.82. The van der Waals surface area contributed by atoms with Gasteiger partial charge in [-0.15, -0.1) is 11.8 Å². The SMILES string of the molecule is CCN(CC)CCNC(=O)N1CCC(Sc2ccc(Cl)c(Cl)c2)C1.O=C(O)C(=O)O. The van der Waals surface area contributed by atoms with Crippen LogP contribution in [0, 0.1) is 0 Å². The molecule has 8 nitrogen and oxygen atoms in total. The van der Waals surface area contributed by atoms with Crippen molar-refractivity contribution in [1.29, 1.82) is 0 Å². The molecule has 0 spiro atoms. The fourth-order valence-electron chi connectivity index (χ4n) is 2.72. The summed E-state index contributed by atoms with van der Waals surface area (Å²) in [5, 5.41) is 19.3. The number of likely N-dealkylation sites (N-methyl/N-ethyl adjacent to an activating group) is 1. The predicted molar refractivity (Wildman–Crippen MR) is 119 cm³/mol. The molecule has 1 aliphatic heterocycles. The monoisotopic (exact) mass is 479 g/mol. The van der Waals surface area contributed by atoms with Crippen LogP contribution in [0.4, 0.5) is 4.79 Å². The number of carbonyl (C=O) groups is 3. The normalized spacial score (nSPS) is 15.5. The van der Waals surface area contributed by atoms with Crippen LogP contribution in [0.2, 0.25) is 10.0 Å². The van der Waals surface area contributed by atoms with Gasteiger partial charge in [-0.05, 0) is 37.7 Å². The lowest BCUT2D eigenvalue weighted by atomic mass is 10.4. The molecule has 168 valence electrons. The zero-order chi connectivity index (χ0) is 22.7. The van der Waals surface area contributed by atoms with Crippen LogP contribution in [-0.2, 0) is 9.59 Å². The average molecular weight is 480 g/mol. The second-order valence-electron chi connectivity index (χ2n) is 6.42. The fourth-order valence-corrected chi connectivity index (χ4v) is 4.28. The number of hydrogen-bond donors (Lipinski definition) is 3. The first kappa shape index (κ1) is 26.4. The number of carboxylic acid groups (broad SMARTS) is 2. The van der Waals surface area contributed by atoms with Gasteiger partial charge in [0, 0.05) is 36.3 Å². The highest BCUT2D eigenvalue weighted by molar-refractivity contribution is 8.00. The smallest absolute Gasteiger partial charge is 0.414 e. The number of amides is 2. The van der Waals surface area contributed by atoms with Crippen LogP contribution >= 0.6 is 35.0 Å². The number of aliphatic carboxylic acids is 2. The molecule has 0 bridgehead atoms. The molecule has 0 aromatic heterocycles. The van der Waals surface area contributed by atoms with Gasteiger partial charge < -0.3 is 25.3 Å². The third-order valence-electron chi connectivity index (χ3n) is 4.41. The molecule has 3 N–H and O–H groups in total. The van der Waals surface area contributed by atoms with Crippen molar-refractivity contribution >= 4 is 52.9 Å². The summed E-state index contributed by atoms with van der Waals surface area (Å²) in [5.74, 6) is -3.65. The van der Waals surface area contributed by atoms with Crippen molar-refractivity contribution in [3.8, 4) is 0 Å². The molecule has 1 aromatic carbocycles. The molecular formula is C19H27Cl2N3O5S. The first-order valence-corrected chi connectivity index (χ1v) is 11.1. The van der Waals surface area contributed by atoms with Gasteiger partial charge in [-0.3, -0.25) is 0 Å². The second-order valence-corrected chi connectivity index (χ2v) is 8.61. The Balaban J connectivity index is 0.000000656. The number of urea groups is 1. The van der Waals surface area contributed by atoms with Crippen molar-refractivity contribution in [3.63, 3.8) is 0 Å². The average Bonchev–Trinajstić information content (AvgIpc) is 3.17. The molecule has 1 unspecified atom stereocenters. The first-order valence-electron chi connectivity index (χ1n) is 9.50. The van der Waals surface area contributed by atoms with Gasteiger partial charge >= 0.3 is 18.0 Å². The van der Waals surface area contributed by atoms with E-state index in [0.29, 0.717) is 21.8 Å². The van der Waals surface area contributed by atoms with Crippen LogP contribution in [0.1, 0.15) is 20.3 Å². The quantitative estimate of drug-likeness (QED) is 0.514. The number of nitrogens with zero attached hydrogens (tertiary/aromatic N) is 2. The summed E-state index contributed by atoms with van der Waals surface area (Å²) in [6.45, 7) is 9.46. The van der Waals surface area contributed by atoms with E-state index >= 15 is 0 Å². The summed E-state index contributed by atoms with van der Waals surface area (Å²) < 4.78 is 0. The Labute approximate surface area is 190 Å². The molecule has 11 heteroatoms. The van der Waals surface area contributed by atoms with Crippen LogP contribution in [0.3, 0.4) is 0 Å². The second kappa shape index (κ2) is 13.6. The lowest BCUT2D eigenvalue weighted by Gasteiger charge is -2.21. The molecule has 0 aliphatic carbocycles. The number of carbonyl (C=O) groups excluding carboxylic acids is 1. The Morgan fingerprint density at radius 2 is 1.80 bits per heavy atom. The number of carboxylic acids is 2. The van der Waals surface area contributed by atoms with Crippen LogP contribution in [0.15, 0.2) is 23.1 Å². The largest absolute Gasteiger partial charge is 0.473 e. The van der Waals surface area contributed by atoms with Crippen LogP contribution < -0.4 is 5.32 Å². The van der Waals surface area contributed by atoms with E-state index in [1.165, 1.54) is 0 Å². The van der Waals surface area contributed by atoms with Crippen molar-refractivity contribution < 1.29 is 24.6 Å². The lowest BCUT2D eigenvalue weighted by molar-refractivity contribution is -0.159. The van der Waals surface area contributed by atoms with Crippen LogP contribution in [-0.4, -0.2) is 82.5 Å². The Hall–Kier alpha value is -1.68. The van der Waals surface area contributed by atoms with E-state index in [1.54, 1.807) is 11.8 Å². The first-order chi connectivity index (χ1) is 14.2. The standard InChI is InChI=1S/C17H25Cl2N3OS.C2H2O4/c1-3-21(4-2)10-8-20-17(23)22-9-7-14(12-22)24-13-5-6-15(18)16(19)11-13;3-1(4)2(5)6/h5-6,11,14H,3-4,7-10,12H2,1-2H3,(H,20,23);(H,3,4)(H,5,6). The molecule has 1 saturated heterocycles. The van der Waals surface area contributed by atoms with E-state index in [9.17, 15) is 4.79 Å². The van der Waals surface area contributed by atoms with E-state index in [0.717, 1.165) is 44.0 Å². The van der Waals surface area contributed by atoms with E-state index in [2.05, 4.69) is 24.1 Å². The number of rotatable bonds is 7. The molecule has 1 aliphatic rings. The minimum Gasteiger partial charge on any atom is -0.473 e. The number of nitrogens with one attached hydrogen (secondary N) is 1. The van der Waals surface area contributed by atoms with Crippen molar-refractivity contribution in [3.05, 3.63) is 28.2 Å². The Bertz CT molecular complexity index is 722. The fraction of sp³-hybridized carbons (Fsp3) is 0.526. The topological polar surface area (TPSA) is 110 Å². The molecule has 1 fully saturated rings. The molecule has 0 radical (unpaired) electrons. The maximum Gasteiger partial charge on any atom is 0.414 e. The number of likely N-dealkylation sites (tertiary alicyclic amines) is 1. The summed E-state index contributed by atoms with van der Waals surface area (Å²) in [6.07, 6.45) is 0.994. The van der Waals surface area contributed by atoms with E-state index < -0.39 is 11.9 Å². The van der Waals surface area contributed by atoms with Gasteiger partial charge in [-0.2, -0.15) is 0 Å². The van der Waals surface area contributed by atoms with Crippen molar-refractivity contribution in [2.45, 2.75) is 30.4 Å². The Morgan fingerprint density at radius 1 is 1.17 bits per heavy atom. The van der Waals surface area contributed by atoms with E-state index in [4.69, 9.17) is 43.0 Å². The highest BCUT2D eigenvalue weighted by Gasteiger charge is 2.26. The Morgan fingerprint density at radius 3 is 2.33 bits per heavy atom. The molecule has 1 aromatic rings. The third-order valence-corrected chi connectivity index (χ3v) is 6.39. The number of hydrogen-bond acceptors (Lipinski definition) is 5. The highest BCUT2D eigenvalue weighted by atomic mass is 35.5. The lowest BCUT2D eigenvalue weighted by Crippen LogP contribution is -2.42. The predicted octanol–water partition coefficient (Wildman–Crippen LogP) is 3.37. The van der Waals surface area contributed by atoms with E-state index in [1.807, 2.05) is 23.1 Å². The summed E-state index contributed by atoms with van der Waals surface area (Å²) in [5.41, 5.74) is 0. The molecule has 2 rings (SSSR count). The summed E-state index contributed by atoms with van der Waals surface area (Å²) in [4.78, 5) is 35.7. The van der Waals surface area contributed by atoms with Crippen molar-refractivity contribution in [2.24, 2.45) is 0 Å². The minimum absolute atomic E-state index is 0.0411. The zero-order valence-electron chi connectivity index (χ0n) is 16.9. The maximum absolute atomic E-state index is 12.2. The number of halogens is 2. The van der Waals surface area contributed by atoms with Crippen molar-refractivity contribution in [1.82, 2.24) is 15.1 Å². The molecule has 1 heterocycles. The van der Waals surface area contributed by atoms with Gasteiger partial charge in [0.1, 0.15) is 0 Å². The van der Waals surface area contributed by atoms with Crippen molar-refractivity contribution in [2.75, 3.05) is 39.3 Å². The Kier molecular flexibility index (Phi) is 11.9. The summed E-state index contributed by atoms with van der Waals surface area (Å²) in [6, 6.07) is 5.73. The van der Waals surface area contributed by atoms with Crippen LogP contribution in [0.25, 0.3) is 0 Å². The molecule has 30 heavy (non-hydrogen) atoms. The summed E-state index contributed by atoms with van der Waals surface area (Å²) in [7, 11) is 0. The molecule has 0 saturated carbocycles. The van der Waals surface area contributed by atoms with Gasteiger partial charge in [0.05, 0.1) is 10.0 Å². The zero-order valence-corrected chi connectivity index (χ0v) is 19.3. The molecule has 1 atom stereocenters. The van der Waals surface area contributed by atoms with Gasteiger partial charge in [0.25, 0.3) is 0 Å². The number of thioether (sulfide) groups is 1. The maximum atomic E-state index is 12.2. The highest BCUT2D eigenvalue weighted by Crippen LogP contribution is 2.33. The number of benzene rings is 1. The summed E-state index contributed by atoms with van der Waals surface area (Å²) >= 11 is 13.8.